The monoisotopic (exact) mass is 658 g/mol. The second-order valence-corrected chi connectivity index (χ2v) is 11.3. The van der Waals surface area contributed by atoms with Crippen molar-refractivity contribution < 1.29 is 37.4 Å². The van der Waals surface area contributed by atoms with Crippen LogP contribution in [0.1, 0.15) is 55.6 Å². The number of ether oxygens (including phenoxy) is 3. The van der Waals surface area contributed by atoms with E-state index in [1.807, 2.05) is 6.92 Å². The van der Waals surface area contributed by atoms with Crippen LogP contribution in [0.15, 0.2) is 36.1 Å². The van der Waals surface area contributed by atoms with E-state index in [0.29, 0.717) is 17.2 Å². The number of esters is 2. The summed E-state index contributed by atoms with van der Waals surface area (Å²) in [6.07, 6.45) is 7.63. The molecule has 0 unspecified atom stereocenters. The van der Waals surface area contributed by atoms with Gasteiger partial charge in [0.25, 0.3) is 5.91 Å². The van der Waals surface area contributed by atoms with Crippen LogP contribution in [0.3, 0.4) is 0 Å². The fourth-order valence-electron chi connectivity index (χ4n) is 4.99. The first kappa shape index (κ1) is 32.8. The van der Waals surface area contributed by atoms with Crippen LogP contribution in [0.5, 0.6) is 0 Å². The number of thiazole rings is 1. The van der Waals surface area contributed by atoms with E-state index in [-0.39, 0.29) is 48.1 Å². The summed E-state index contributed by atoms with van der Waals surface area (Å²) in [5.74, 6) is -3.71. The van der Waals surface area contributed by atoms with Gasteiger partial charge in [0.05, 0.1) is 37.6 Å². The molecule has 17 heteroatoms. The molecule has 1 aliphatic carbocycles. The molecular weight excluding hydrogens is 626 g/mol. The number of nitrogens with zero attached hydrogens (tertiary/aromatic N) is 6. The number of nitrogens with one attached hydrogen (secondary N) is 1. The molecule has 0 spiro atoms. The number of aromatic nitrogens is 6. The Morgan fingerprint density at radius 3 is 2.65 bits per heavy atom. The third kappa shape index (κ3) is 7.78. The number of hydrogen-bond donors (Lipinski definition) is 2. The van der Waals surface area contributed by atoms with Crippen LogP contribution in [-0.4, -0.2) is 73.2 Å². The van der Waals surface area contributed by atoms with Gasteiger partial charge in [0.2, 0.25) is 5.95 Å². The van der Waals surface area contributed by atoms with Gasteiger partial charge in [-0.15, -0.1) is 11.3 Å². The molecule has 0 saturated heterocycles. The van der Waals surface area contributed by atoms with Gasteiger partial charge in [-0.3, -0.25) is 19.1 Å². The normalized spacial score (nSPS) is 17.0. The van der Waals surface area contributed by atoms with Gasteiger partial charge in [-0.05, 0) is 44.7 Å². The molecule has 1 aliphatic rings. The van der Waals surface area contributed by atoms with Crippen molar-refractivity contribution in [3.8, 4) is 22.0 Å². The van der Waals surface area contributed by atoms with Gasteiger partial charge in [0, 0.05) is 29.9 Å². The lowest BCUT2D eigenvalue weighted by Crippen LogP contribution is -2.34. The van der Waals surface area contributed by atoms with Gasteiger partial charge < -0.3 is 25.3 Å². The first-order chi connectivity index (χ1) is 22.1. The van der Waals surface area contributed by atoms with Crippen molar-refractivity contribution in [2.24, 2.45) is 5.73 Å². The Morgan fingerprint density at radius 2 is 1.91 bits per heavy atom. The standard InChI is InChI=1S/C29H32F2N8O6S/c1-3-44-18-6-4-17(5-7-18)39-13-21(26(37-39)25-19(30)8-9-23(31)36-25)34-27(41)22-14-46-28(35-22)16-11-33-38(12-16)15-45-24(40)10-20(32)29(42)43-2/h8-9,11-14,17-18,20H,3-7,10,15,32H2,1-2H3,(H,34,41)/t17-,18-,20-/m0/s1. The molecular formula is C29H32F2N8O6S. The maximum atomic E-state index is 14.8. The number of hydrogen-bond acceptors (Lipinski definition) is 12. The number of nitrogens with two attached hydrogens (primary N) is 1. The molecule has 0 radical (unpaired) electrons. The van der Waals surface area contributed by atoms with Gasteiger partial charge in [-0.25, -0.2) is 19.0 Å². The number of pyridine rings is 1. The molecule has 4 aromatic heterocycles. The van der Waals surface area contributed by atoms with E-state index in [0.717, 1.165) is 37.8 Å². The van der Waals surface area contributed by atoms with Gasteiger partial charge in [0.15, 0.2) is 12.5 Å². The molecule has 4 aromatic rings. The quantitative estimate of drug-likeness (QED) is 0.167. The number of carbonyl (C=O) groups is 3. The van der Waals surface area contributed by atoms with Crippen LogP contribution in [0.4, 0.5) is 14.5 Å². The number of anilines is 1. The van der Waals surface area contributed by atoms with Crippen molar-refractivity contribution >= 4 is 34.9 Å². The maximum absolute atomic E-state index is 14.8. The van der Waals surface area contributed by atoms with Crippen LogP contribution < -0.4 is 11.1 Å². The fraction of sp³-hybridized carbons (Fsp3) is 0.414. The predicted octanol–water partition coefficient (Wildman–Crippen LogP) is 3.71. The van der Waals surface area contributed by atoms with Gasteiger partial charge in [-0.1, -0.05) is 0 Å². The molecule has 46 heavy (non-hydrogen) atoms. The van der Waals surface area contributed by atoms with E-state index in [4.69, 9.17) is 15.2 Å². The third-order valence-corrected chi connectivity index (χ3v) is 8.19. The highest BCUT2D eigenvalue weighted by molar-refractivity contribution is 7.13. The molecule has 244 valence electrons. The van der Waals surface area contributed by atoms with Crippen molar-refractivity contribution in [2.45, 2.75) is 63.9 Å². The molecule has 4 heterocycles. The zero-order valence-corrected chi connectivity index (χ0v) is 25.8. The van der Waals surface area contributed by atoms with Crippen molar-refractivity contribution in [3.05, 3.63) is 53.6 Å². The molecule has 1 fully saturated rings. The summed E-state index contributed by atoms with van der Waals surface area (Å²) < 4.78 is 47.2. The van der Waals surface area contributed by atoms with E-state index in [1.165, 1.54) is 34.7 Å². The average molecular weight is 659 g/mol. The lowest BCUT2D eigenvalue weighted by atomic mass is 9.93. The number of halogens is 2. The highest BCUT2D eigenvalue weighted by atomic mass is 32.1. The molecule has 1 amide bonds. The van der Waals surface area contributed by atoms with E-state index in [9.17, 15) is 23.2 Å². The number of carbonyl (C=O) groups excluding carboxylic acids is 3. The second-order valence-electron chi connectivity index (χ2n) is 10.5. The largest absolute Gasteiger partial charge is 0.468 e. The van der Waals surface area contributed by atoms with E-state index < -0.39 is 35.7 Å². The molecule has 5 rings (SSSR count). The minimum absolute atomic E-state index is 0.00361. The summed E-state index contributed by atoms with van der Waals surface area (Å²) in [6.45, 7) is 2.35. The zero-order chi connectivity index (χ0) is 32.8. The molecule has 0 aromatic carbocycles. The zero-order valence-electron chi connectivity index (χ0n) is 25.0. The lowest BCUT2D eigenvalue weighted by molar-refractivity contribution is -0.153. The van der Waals surface area contributed by atoms with E-state index in [2.05, 4.69) is 30.2 Å². The minimum Gasteiger partial charge on any atom is -0.468 e. The summed E-state index contributed by atoms with van der Waals surface area (Å²) in [7, 11) is 1.17. The average Bonchev–Trinajstić information content (AvgIpc) is 3.82. The fourth-order valence-corrected chi connectivity index (χ4v) is 5.77. The summed E-state index contributed by atoms with van der Waals surface area (Å²) in [5.41, 5.74) is 6.02. The second kappa shape index (κ2) is 14.7. The Labute approximate surface area is 265 Å². The van der Waals surface area contributed by atoms with Crippen molar-refractivity contribution in [1.29, 1.82) is 0 Å². The molecule has 1 atom stereocenters. The van der Waals surface area contributed by atoms with Gasteiger partial charge >= 0.3 is 11.9 Å². The molecule has 3 N–H and O–H groups in total. The van der Waals surface area contributed by atoms with Crippen LogP contribution in [0.2, 0.25) is 0 Å². The molecule has 1 saturated carbocycles. The summed E-state index contributed by atoms with van der Waals surface area (Å²) >= 11 is 1.17. The van der Waals surface area contributed by atoms with Gasteiger partial charge in [-0.2, -0.15) is 14.6 Å². The number of rotatable bonds is 12. The summed E-state index contributed by atoms with van der Waals surface area (Å²) in [4.78, 5) is 44.8. The van der Waals surface area contributed by atoms with Crippen LogP contribution in [0.25, 0.3) is 22.0 Å². The van der Waals surface area contributed by atoms with Crippen molar-refractivity contribution in [2.75, 3.05) is 19.0 Å². The first-order valence-electron chi connectivity index (χ1n) is 14.5. The number of amides is 1. The SMILES string of the molecule is CCO[C@H]1CC[C@H](n2cc(NC(=O)c3csc(-c4cnn(COC(=O)C[C@H](N)C(=O)OC)c4)n3)c(-c3nc(F)ccc3F)n2)CC1. The minimum atomic E-state index is -1.14. The van der Waals surface area contributed by atoms with Crippen LogP contribution in [-0.2, 0) is 30.5 Å². The summed E-state index contributed by atoms with van der Waals surface area (Å²) in [6, 6.07) is 0.706. The highest BCUT2D eigenvalue weighted by Crippen LogP contribution is 2.34. The van der Waals surface area contributed by atoms with Crippen molar-refractivity contribution in [3.63, 3.8) is 0 Å². The third-order valence-electron chi connectivity index (χ3n) is 7.30. The Hall–Kier alpha value is -4.61. The van der Waals surface area contributed by atoms with E-state index in [1.54, 1.807) is 17.1 Å². The van der Waals surface area contributed by atoms with Crippen LogP contribution in [0, 0.1) is 11.8 Å². The van der Waals surface area contributed by atoms with E-state index >= 15 is 0 Å². The molecule has 0 bridgehead atoms. The topological polar surface area (TPSA) is 178 Å². The molecule has 0 aliphatic heterocycles. The highest BCUT2D eigenvalue weighted by Gasteiger charge is 2.27. The Bertz CT molecular complexity index is 1700. The van der Waals surface area contributed by atoms with Gasteiger partial charge in [0.1, 0.15) is 28.1 Å². The number of methoxy groups -OCH3 is 1. The van der Waals surface area contributed by atoms with Crippen LogP contribution >= 0.6 is 11.3 Å². The molecule has 14 nitrogen and oxygen atoms in total. The Balaban J connectivity index is 1.28. The Kier molecular flexibility index (Phi) is 10.4. The Morgan fingerprint density at radius 1 is 1.13 bits per heavy atom. The maximum Gasteiger partial charge on any atom is 0.323 e. The van der Waals surface area contributed by atoms with Crippen molar-refractivity contribution in [1.82, 2.24) is 29.5 Å². The summed E-state index contributed by atoms with van der Waals surface area (Å²) in [5, 5.41) is 13.4. The first-order valence-corrected chi connectivity index (χ1v) is 15.3. The smallest absolute Gasteiger partial charge is 0.323 e. The predicted molar refractivity (Wildman–Crippen MR) is 160 cm³/mol. The lowest BCUT2D eigenvalue weighted by Gasteiger charge is -2.28.